The molecule has 0 amide bonds. The quantitative estimate of drug-likeness (QED) is 0.659. The molecule has 1 aliphatic carbocycles. The molecular weight excluding hydrogens is 240 g/mol. The van der Waals surface area contributed by atoms with E-state index in [0.29, 0.717) is 0 Å². The molecule has 0 unspecified atom stereocenters. The van der Waals surface area contributed by atoms with E-state index in [4.69, 9.17) is 9.15 Å². The predicted molar refractivity (Wildman–Crippen MR) is 76.0 cm³/mol. The highest BCUT2D eigenvalue weighted by Crippen LogP contribution is 2.28. The maximum absolute atomic E-state index is 5.64. The second kappa shape index (κ2) is 7.68. The molecule has 0 atom stereocenters. The molecule has 1 aromatic rings. The van der Waals surface area contributed by atoms with Crippen molar-refractivity contribution in [1.82, 2.24) is 10.2 Å². The molecule has 1 aliphatic rings. The van der Waals surface area contributed by atoms with Crippen LogP contribution in [0.1, 0.15) is 31.1 Å². The van der Waals surface area contributed by atoms with E-state index in [9.17, 15) is 0 Å². The van der Waals surface area contributed by atoms with Crippen LogP contribution in [0.15, 0.2) is 16.7 Å². The molecule has 1 aromatic heterocycles. The lowest BCUT2D eigenvalue weighted by Crippen LogP contribution is -2.22. The molecular formula is C15H26N2O2. The van der Waals surface area contributed by atoms with Crippen molar-refractivity contribution in [1.29, 1.82) is 0 Å². The molecule has 1 N–H and O–H groups in total. The van der Waals surface area contributed by atoms with Crippen LogP contribution in [0.4, 0.5) is 0 Å². The van der Waals surface area contributed by atoms with Gasteiger partial charge in [0.25, 0.3) is 0 Å². The predicted octanol–water partition coefficient (Wildman–Crippen LogP) is 2.25. The molecule has 19 heavy (non-hydrogen) atoms. The third-order valence-corrected chi connectivity index (χ3v) is 3.38. The maximum atomic E-state index is 5.64. The third-order valence-electron chi connectivity index (χ3n) is 3.38. The van der Waals surface area contributed by atoms with Crippen molar-refractivity contribution in [3.05, 3.63) is 23.7 Å². The summed E-state index contributed by atoms with van der Waals surface area (Å²) in [6.45, 7) is 7.54. The average molecular weight is 266 g/mol. The lowest BCUT2D eigenvalue weighted by molar-refractivity contribution is 0.1000. The number of furan rings is 1. The van der Waals surface area contributed by atoms with E-state index in [1.807, 2.05) is 6.26 Å². The first kappa shape index (κ1) is 14.6. The smallest absolute Gasteiger partial charge is 0.118 e. The summed E-state index contributed by atoms with van der Waals surface area (Å²) in [6.07, 6.45) is 4.56. The summed E-state index contributed by atoms with van der Waals surface area (Å²) in [7, 11) is 2.10. The van der Waals surface area contributed by atoms with Crippen molar-refractivity contribution in [2.45, 2.75) is 32.9 Å². The summed E-state index contributed by atoms with van der Waals surface area (Å²) in [6, 6.07) is 2.13. The van der Waals surface area contributed by atoms with Gasteiger partial charge in [-0.15, -0.1) is 0 Å². The number of hydrogen-bond acceptors (Lipinski definition) is 4. The van der Waals surface area contributed by atoms with Gasteiger partial charge in [0, 0.05) is 25.3 Å². The fourth-order valence-electron chi connectivity index (χ4n) is 1.97. The van der Waals surface area contributed by atoms with Crippen LogP contribution in [0.3, 0.4) is 0 Å². The first-order valence-electron chi connectivity index (χ1n) is 7.31. The second-order valence-electron chi connectivity index (χ2n) is 5.46. The van der Waals surface area contributed by atoms with Crippen molar-refractivity contribution in [3.63, 3.8) is 0 Å². The van der Waals surface area contributed by atoms with E-state index in [0.717, 1.165) is 51.1 Å². The number of likely N-dealkylation sites (N-methyl/N-ethyl adjacent to an activating group) is 1. The zero-order chi connectivity index (χ0) is 13.5. The minimum atomic E-state index is 0.817. The van der Waals surface area contributed by atoms with Gasteiger partial charge in [0.05, 0.1) is 19.4 Å². The minimum absolute atomic E-state index is 0.817. The zero-order valence-electron chi connectivity index (χ0n) is 12.2. The van der Waals surface area contributed by atoms with Crippen molar-refractivity contribution < 1.29 is 9.15 Å². The minimum Gasteiger partial charge on any atom is -0.468 e. The molecule has 0 aromatic carbocycles. The summed E-state index contributed by atoms with van der Waals surface area (Å²) in [5.41, 5.74) is 1.22. The highest BCUT2D eigenvalue weighted by Gasteiger charge is 2.20. The molecule has 1 heterocycles. The summed E-state index contributed by atoms with van der Waals surface area (Å²) in [4.78, 5) is 2.24. The van der Waals surface area contributed by atoms with Gasteiger partial charge in [-0.2, -0.15) is 0 Å². The van der Waals surface area contributed by atoms with Crippen molar-refractivity contribution in [3.8, 4) is 0 Å². The molecule has 2 rings (SSSR count). The van der Waals surface area contributed by atoms with Crippen LogP contribution in [0, 0.1) is 5.92 Å². The van der Waals surface area contributed by atoms with Crippen LogP contribution in [0.2, 0.25) is 0 Å². The summed E-state index contributed by atoms with van der Waals surface area (Å²) in [5.74, 6) is 1.88. The van der Waals surface area contributed by atoms with Gasteiger partial charge in [-0.1, -0.05) is 6.92 Å². The Morgan fingerprint density at radius 2 is 2.32 bits per heavy atom. The molecule has 0 aliphatic heterocycles. The summed E-state index contributed by atoms with van der Waals surface area (Å²) < 4.78 is 11.2. The van der Waals surface area contributed by atoms with Crippen molar-refractivity contribution >= 4 is 0 Å². The first-order valence-corrected chi connectivity index (χ1v) is 7.31. The second-order valence-corrected chi connectivity index (χ2v) is 5.46. The van der Waals surface area contributed by atoms with Crippen LogP contribution < -0.4 is 5.32 Å². The van der Waals surface area contributed by atoms with Crippen molar-refractivity contribution in [2.75, 3.05) is 33.4 Å². The Kier molecular flexibility index (Phi) is 5.89. The maximum Gasteiger partial charge on any atom is 0.118 e. The van der Waals surface area contributed by atoms with E-state index in [-0.39, 0.29) is 0 Å². The highest BCUT2D eigenvalue weighted by molar-refractivity contribution is 5.12. The van der Waals surface area contributed by atoms with Crippen molar-refractivity contribution in [2.24, 2.45) is 5.92 Å². The Morgan fingerprint density at radius 1 is 1.47 bits per heavy atom. The standard InChI is InChI=1S/C15H26N2O2/c1-3-16-9-14-8-15(19-12-14)10-17(2)6-7-18-11-13-4-5-13/h8,12-13,16H,3-7,9-11H2,1-2H3. The van der Waals surface area contributed by atoms with Gasteiger partial charge in [-0.3, -0.25) is 4.90 Å². The van der Waals surface area contributed by atoms with Crippen LogP contribution in [-0.2, 0) is 17.8 Å². The number of hydrogen-bond donors (Lipinski definition) is 1. The summed E-state index contributed by atoms with van der Waals surface area (Å²) >= 11 is 0. The molecule has 0 bridgehead atoms. The molecule has 4 nitrogen and oxygen atoms in total. The molecule has 1 saturated carbocycles. The topological polar surface area (TPSA) is 37.6 Å². The largest absolute Gasteiger partial charge is 0.468 e. The lowest BCUT2D eigenvalue weighted by atomic mass is 10.3. The van der Waals surface area contributed by atoms with E-state index in [1.54, 1.807) is 0 Å². The number of nitrogens with one attached hydrogen (secondary N) is 1. The molecule has 1 fully saturated rings. The number of rotatable bonds is 10. The normalized spacial score (nSPS) is 15.3. The van der Waals surface area contributed by atoms with E-state index in [2.05, 4.69) is 30.3 Å². The van der Waals surface area contributed by atoms with E-state index < -0.39 is 0 Å². The van der Waals surface area contributed by atoms with Gasteiger partial charge in [0.15, 0.2) is 0 Å². The molecule has 4 heteroatoms. The van der Waals surface area contributed by atoms with Crippen LogP contribution in [0.25, 0.3) is 0 Å². The zero-order valence-corrected chi connectivity index (χ0v) is 12.2. The van der Waals surface area contributed by atoms with Gasteiger partial charge in [-0.05, 0) is 38.4 Å². The Morgan fingerprint density at radius 3 is 3.05 bits per heavy atom. The monoisotopic (exact) mass is 266 g/mol. The fraction of sp³-hybridized carbons (Fsp3) is 0.733. The first-order chi connectivity index (χ1) is 9.28. The Hall–Kier alpha value is -0.840. The lowest BCUT2D eigenvalue weighted by Gasteiger charge is -2.14. The summed E-state index contributed by atoms with van der Waals surface area (Å²) in [5, 5.41) is 3.30. The van der Waals surface area contributed by atoms with Gasteiger partial charge in [-0.25, -0.2) is 0 Å². The van der Waals surface area contributed by atoms with E-state index >= 15 is 0 Å². The van der Waals surface area contributed by atoms with Gasteiger partial charge in [0.2, 0.25) is 0 Å². The van der Waals surface area contributed by atoms with Gasteiger partial charge in [0.1, 0.15) is 5.76 Å². The molecule has 0 spiro atoms. The van der Waals surface area contributed by atoms with Gasteiger partial charge < -0.3 is 14.5 Å². The fourth-order valence-corrected chi connectivity index (χ4v) is 1.97. The molecule has 108 valence electrons. The van der Waals surface area contributed by atoms with E-state index in [1.165, 1.54) is 18.4 Å². The average Bonchev–Trinajstić information content (AvgIpc) is 3.12. The highest BCUT2D eigenvalue weighted by atomic mass is 16.5. The van der Waals surface area contributed by atoms with Crippen LogP contribution in [0.5, 0.6) is 0 Å². The Bertz CT molecular complexity index is 361. The van der Waals surface area contributed by atoms with Crippen LogP contribution in [-0.4, -0.2) is 38.3 Å². The van der Waals surface area contributed by atoms with Crippen LogP contribution >= 0.6 is 0 Å². The molecule has 0 saturated heterocycles. The number of nitrogens with zero attached hydrogens (tertiary/aromatic N) is 1. The SMILES string of the molecule is CCNCc1coc(CN(C)CCOCC2CC2)c1. The molecule has 0 radical (unpaired) electrons. The Balaban J connectivity index is 1.60. The number of ether oxygens (including phenoxy) is 1. The van der Waals surface area contributed by atoms with Gasteiger partial charge >= 0.3 is 0 Å². The third kappa shape index (κ3) is 5.76. The Labute approximate surface area is 116 Å².